The summed E-state index contributed by atoms with van der Waals surface area (Å²) < 4.78 is 0. The zero-order valence-electron chi connectivity index (χ0n) is 10.3. The van der Waals surface area contributed by atoms with Crippen LogP contribution in [0.2, 0.25) is 0 Å². The predicted molar refractivity (Wildman–Crippen MR) is 70.4 cm³/mol. The van der Waals surface area contributed by atoms with Crippen LogP contribution in [0.1, 0.15) is 23.8 Å². The Kier molecular flexibility index (Phi) is 2.63. The number of amides is 1. The van der Waals surface area contributed by atoms with Gasteiger partial charge in [0.25, 0.3) is 5.91 Å². The van der Waals surface area contributed by atoms with E-state index in [4.69, 9.17) is 0 Å². The molecule has 18 heavy (non-hydrogen) atoms. The van der Waals surface area contributed by atoms with E-state index in [1.54, 1.807) is 0 Å². The molecule has 0 spiro atoms. The van der Waals surface area contributed by atoms with Crippen molar-refractivity contribution < 1.29 is 4.79 Å². The van der Waals surface area contributed by atoms with Gasteiger partial charge in [0, 0.05) is 18.5 Å². The fraction of sp³-hybridized carbons (Fsp3) is 0.286. The maximum atomic E-state index is 12.4. The first-order valence-electron chi connectivity index (χ1n) is 6.14. The number of carbonyl (C=O) groups excluding carboxylic acids is 1. The molecule has 92 valence electrons. The Morgan fingerprint density at radius 2 is 2.22 bits per heavy atom. The summed E-state index contributed by atoms with van der Waals surface area (Å²) in [6, 6.07) is 7.72. The molecule has 1 aromatic heterocycles. The highest BCUT2D eigenvalue weighted by Gasteiger charge is 2.22. The number of H-pyrrole nitrogens is 1. The third-order valence-corrected chi connectivity index (χ3v) is 3.29. The summed E-state index contributed by atoms with van der Waals surface area (Å²) in [5, 5.41) is 7.96. The molecule has 3 rings (SSSR count). The van der Waals surface area contributed by atoms with Crippen molar-refractivity contribution >= 4 is 16.8 Å². The van der Waals surface area contributed by atoms with Crippen molar-refractivity contribution in [2.45, 2.75) is 13.3 Å². The Bertz CT molecular complexity index is 627. The van der Waals surface area contributed by atoms with Gasteiger partial charge in [0.15, 0.2) is 5.69 Å². The van der Waals surface area contributed by atoms with Crippen LogP contribution < -0.4 is 0 Å². The lowest BCUT2D eigenvalue weighted by atomic mass is 10.1. The molecule has 0 saturated heterocycles. The molecule has 0 unspecified atom stereocenters. The number of aromatic nitrogens is 2. The van der Waals surface area contributed by atoms with Crippen molar-refractivity contribution in [1.29, 1.82) is 0 Å². The van der Waals surface area contributed by atoms with E-state index in [0.29, 0.717) is 12.2 Å². The van der Waals surface area contributed by atoms with Gasteiger partial charge in [-0.05, 0) is 19.4 Å². The highest BCUT2D eigenvalue weighted by Crippen LogP contribution is 2.19. The Morgan fingerprint density at radius 3 is 3.06 bits per heavy atom. The van der Waals surface area contributed by atoms with E-state index in [9.17, 15) is 4.79 Å². The Morgan fingerprint density at radius 1 is 1.39 bits per heavy atom. The van der Waals surface area contributed by atoms with Gasteiger partial charge in [-0.3, -0.25) is 9.89 Å². The number of benzene rings is 1. The van der Waals surface area contributed by atoms with Crippen LogP contribution in [0.25, 0.3) is 10.9 Å². The van der Waals surface area contributed by atoms with Gasteiger partial charge in [0.1, 0.15) is 0 Å². The first-order valence-corrected chi connectivity index (χ1v) is 6.14. The first-order chi connectivity index (χ1) is 8.75. The molecule has 4 nitrogen and oxygen atoms in total. The van der Waals surface area contributed by atoms with Crippen LogP contribution in [0.5, 0.6) is 0 Å². The van der Waals surface area contributed by atoms with Crippen LogP contribution in [0, 0.1) is 0 Å². The van der Waals surface area contributed by atoms with Gasteiger partial charge in [0.05, 0.1) is 5.52 Å². The van der Waals surface area contributed by atoms with E-state index in [1.165, 1.54) is 5.57 Å². The topological polar surface area (TPSA) is 49.0 Å². The molecule has 0 fully saturated rings. The number of fused-ring (bicyclic) bond motifs is 1. The van der Waals surface area contributed by atoms with Gasteiger partial charge in [-0.2, -0.15) is 5.10 Å². The minimum atomic E-state index is 0.0138. The molecular formula is C14H15N3O. The second kappa shape index (κ2) is 4.29. The molecule has 1 aromatic carbocycles. The quantitative estimate of drug-likeness (QED) is 0.779. The molecule has 1 aliphatic rings. The van der Waals surface area contributed by atoms with Gasteiger partial charge < -0.3 is 4.90 Å². The molecule has 2 heterocycles. The van der Waals surface area contributed by atoms with Gasteiger partial charge >= 0.3 is 0 Å². The van der Waals surface area contributed by atoms with Crippen LogP contribution in [0.4, 0.5) is 0 Å². The minimum absolute atomic E-state index is 0.0138. The number of para-hydroxylation sites is 1. The molecule has 0 radical (unpaired) electrons. The van der Waals surface area contributed by atoms with E-state index in [1.807, 2.05) is 29.2 Å². The van der Waals surface area contributed by atoms with E-state index in [-0.39, 0.29) is 5.91 Å². The van der Waals surface area contributed by atoms with Crippen LogP contribution in [0.15, 0.2) is 35.9 Å². The van der Waals surface area contributed by atoms with Crippen molar-refractivity contribution in [3.8, 4) is 0 Å². The normalized spacial score (nSPS) is 15.8. The third kappa shape index (κ3) is 1.79. The van der Waals surface area contributed by atoms with Crippen molar-refractivity contribution in [2.75, 3.05) is 13.1 Å². The molecule has 1 amide bonds. The van der Waals surface area contributed by atoms with Crippen molar-refractivity contribution in [2.24, 2.45) is 0 Å². The number of hydrogen-bond acceptors (Lipinski definition) is 2. The maximum Gasteiger partial charge on any atom is 0.275 e. The molecule has 1 N–H and O–H groups in total. The lowest BCUT2D eigenvalue weighted by Gasteiger charge is -2.25. The lowest BCUT2D eigenvalue weighted by Crippen LogP contribution is -2.35. The fourth-order valence-corrected chi connectivity index (χ4v) is 2.36. The second-order valence-electron chi connectivity index (χ2n) is 4.68. The summed E-state index contributed by atoms with van der Waals surface area (Å²) in [7, 11) is 0. The highest BCUT2D eigenvalue weighted by atomic mass is 16.2. The zero-order valence-corrected chi connectivity index (χ0v) is 10.3. The van der Waals surface area contributed by atoms with Crippen molar-refractivity contribution in [3.63, 3.8) is 0 Å². The van der Waals surface area contributed by atoms with E-state index in [2.05, 4.69) is 23.2 Å². The lowest BCUT2D eigenvalue weighted by molar-refractivity contribution is 0.0762. The first kappa shape index (κ1) is 11.0. The van der Waals surface area contributed by atoms with E-state index in [0.717, 1.165) is 23.9 Å². The van der Waals surface area contributed by atoms with Gasteiger partial charge in [0.2, 0.25) is 0 Å². The molecule has 0 atom stereocenters. The standard InChI is InChI=1S/C14H15N3O/c1-10-5-4-8-17(9-10)14(18)13-11-6-2-3-7-12(11)15-16-13/h2-3,5-7H,4,8-9H2,1H3,(H,15,16). The third-order valence-electron chi connectivity index (χ3n) is 3.29. The maximum absolute atomic E-state index is 12.4. The average molecular weight is 241 g/mol. The molecule has 2 aromatic rings. The Balaban J connectivity index is 1.95. The summed E-state index contributed by atoms with van der Waals surface area (Å²) in [4.78, 5) is 14.3. The summed E-state index contributed by atoms with van der Waals surface area (Å²) in [5.41, 5.74) is 2.68. The molecule has 0 bridgehead atoms. The van der Waals surface area contributed by atoms with Crippen LogP contribution in [-0.4, -0.2) is 34.1 Å². The van der Waals surface area contributed by atoms with Gasteiger partial charge in [-0.25, -0.2) is 0 Å². The van der Waals surface area contributed by atoms with Crippen LogP contribution in [-0.2, 0) is 0 Å². The largest absolute Gasteiger partial charge is 0.333 e. The molecule has 0 saturated carbocycles. The monoisotopic (exact) mass is 241 g/mol. The van der Waals surface area contributed by atoms with Crippen LogP contribution in [0.3, 0.4) is 0 Å². The van der Waals surface area contributed by atoms with Crippen molar-refractivity contribution in [1.82, 2.24) is 15.1 Å². The van der Waals surface area contributed by atoms with E-state index < -0.39 is 0 Å². The van der Waals surface area contributed by atoms with Gasteiger partial charge in [-0.15, -0.1) is 0 Å². The summed E-state index contributed by atoms with van der Waals surface area (Å²) in [6.45, 7) is 3.54. The number of rotatable bonds is 1. The average Bonchev–Trinajstić information content (AvgIpc) is 2.82. The van der Waals surface area contributed by atoms with Crippen molar-refractivity contribution in [3.05, 3.63) is 41.6 Å². The number of hydrogen-bond donors (Lipinski definition) is 1. The predicted octanol–water partition coefficient (Wildman–Crippen LogP) is 2.36. The molecule has 1 aliphatic heterocycles. The summed E-state index contributed by atoms with van der Waals surface area (Å²) >= 11 is 0. The Hall–Kier alpha value is -2.10. The van der Waals surface area contributed by atoms with Gasteiger partial charge in [-0.1, -0.05) is 29.8 Å². The molecule has 0 aliphatic carbocycles. The zero-order chi connectivity index (χ0) is 12.5. The smallest absolute Gasteiger partial charge is 0.275 e. The summed E-state index contributed by atoms with van der Waals surface area (Å²) in [5.74, 6) is 0.0138. The number of nitrogens with zero attached hydrogens (tertiary/aromatic N) is 2. The SMILES string of the molecule is CC1=CCCN(C(=O)c2n[nH]c3ccccc23)C1. The summed E-state index contributed by atoms with van der Waals surface area (Å²) in [6.07, 6.45) is 3.12. The molecule has 4 heteroatoms. The minimum Gasteiger partial charge on any atom is -0.333 e. The van der Waals surface area contributed by atoms with E-state index >= 15 is 0 Å². The number of aromatic amines is 1. The molecular weight excluding hydrogens is 226 g/mol. The number of nitrogens with one attached hydrogen (secondary N) is 1. The fourth-order valence-electron chi connectivity index (χ4n) is 2.36. The second-order valence-corrected chi connectivity index (χ2v) is 4.68. The van der Waals surface area contributed by atoms with Crippen LogP contribution >= 0.6 is 0 Å². The highest BCUT2D eigenvalue weighted by molar-refractivity contribution is 6.04. The Labute approximate surface area is 105 Å². The number of carbonyl (C=O) groups is 1.